The molecule has 1 aliphatic heterocycles. The van der Waals surface area contributed by atoms with Crippen LogP contribution in [0.5, 0.6) is 0 Å². The Bertz CT molecular complexity index is 149. The van der Waals surface area contributed by atoms with E-state index in [1.165, 1.54) is 7.11 Å². The predicted molar refractivity (Wildman–Crippen MR) is 48.0 cm³/mol. The lowest BCUT2D eigenvalue weighted by Gasteiger charge is -2.38. The Morgan fingerprint density at radius 1 is 1.38 bits per heavy atom. The van der Waals surface area contributed by atoms with Gasteiger partial charge in [-0.3, -0.25) is 0 Å². The molecule has 5 atom stereocenters. The maximum absolute atomic E-state index is 9.45. The molecule has 0 aromatic heterocycles. The summed E-state index contributed by atoms with van der Waals surface area (Å²) in [5.74, 6) is 0.151. The molecule has 4 nitrogen and oxygen atoms in total. The van der Waals surface area contributed by atoms with Crippen LogP contribution in [0.25, 0.3) is 0 Å². The van der Waals surface area contributed by atoms with Gasteiger partial charge in [0.25, 0.3) is 0 Å². The molecule has 6 heteroatoms. The maximum atomic E-state index is 9.45. The van der Waals surface area contributed by atoms with E-state index in [1.54, 1.807) is 0 Å². The molecule has 0 aliphatic carbocycles. The smallest absolute Gasteiger partial charge is 0.186 e. The number of methoxy groups -OCH3 is 1. The second kappa shape index (κ2) is 4.77. The number of alkyl halides is 2. The van der Waals surface area contributed by atoms with E-state index < -0.39 is 30.0 Å². The molecule has 0 spiro atoms. The lowest BCUT2D eigenvalue weighted by atomic mass is 10.0. The number of aliphatic hydroxyl groups excluding tert-OH is 2. The van der Waals surface area contributed by atoms with Crippen molar-refractivity contribution in [3.8, 4) is 0 Å². The Balaban J connectivity index is 2.66. The standard InChI is InChI=1S/C7H12Cl2O4/c1-12-7-6(11)5(10)4(9)3(2-8)13-7/h3-7,10-11H,2H2,1H3/t3-,4+,5+,6-,7+/m1/s1. The molecule has 2 N–H and O–H groups in total. The van der Waals surface area contributed by atoms with E-state index in [0.29, 0.717) is 0 Å². The van der Waals surface area contributed by atoms with Crippen molar-refractivity contribution in [1.29, 1.82) is 0 Å². The molecule has 1 aliphatic rings. The van der Waals surface area contributed by atoms with Crippen LogP contribution in [-0.2, 0) is 9.47 Å². The number of halogens is 2. The highest BCUT2D eigenvalue weighted by Gasteiger charge is 2.43. The van der Waals surface area contributed by atoms with Gasteiger partial charge in [0.15, 0.2) is 6.29 Å². The van der Waals surface area contributed by atoms with Crippen molar-refractivity contribution >= 4 is 23.2 Å². The number of ether oxygens (including phenoxy) is 2. The van der Waals surface area contributed by atoms with Crippen molar-refractivity contribution in [3.05, 3.63) is 0 Å². The molecule has 0 unspecified atom stereocenters. The molecule has 0 saturated carbocycles. The monoisotopic (exact) mass is 230 g/mol. The van der Waals surface area contributed by atoms with E-state index in [0.717, 1.165) is 0 Å². The molecule has 0 aromatic carbocycles. The van der Waals surface area contributed by atoms with Gasteiger partial charge in [0.2, 0.25) is 0 Å². The molecule has 1 saturated heterocycles. The second-order valence-electron chi connectivity index (χ2n) is 2.86. The van der Waals surface area contributed by atoms with E-state index in [-0.39, 0.29) is 5.88 Å². The molecular weight excluding hydrogens is 219 g/mol. The van der Waals surface area contributed by atoms with Crippen LogP contribution in [0.15, 0.2) is 0 Å². The van der Waals surface area contributed by atoms with Gasteiger partial charge >= 0.3 is 0 Å². The van der Waals surface area contributed by atoms with Gasteiger partial charge in [-0.1, -0.05) is 0 Å². The predicted octanol–water partition coefficient (Wildman–Crippen LogP) is -0.0743. The van der Waals surface area contributed by atoms with Gasteiger partial charge in [-0.25, -0.2) is 0 Å². The molecule has 13 heavy (non-hydrogen) atoms. The highest BCUT2D eigenvalue weighted by molar-refractivity contribution is 6.23. The Morgan fingerprint density at radius 3 is 2.46 bits per heavy atom. The summed E-state index contributed by atoms with van der Waals surface area (Å²) in [6.07, 6.45) is -3.59. The molecule has 0 aromatic rings. The van der Waals surface area contributed by atoms with Crippen LogP contribution in [0, 0.1) is 0 Å². The number of aliphatic hydroxyl groups is 2. The minimum atomic E-state index is -1.13. The fourth-order valence-corrected chi connectivity index (χ4v) is 1.87. The van der Waals surface area contributed by atoms with Crippen molar-refractivity contribution in [3.63, 3.8) is 0 Å². The van der Waals surface area contributed by atoms with Crippen LogP contribution in [0.1, 0.15) is 0 Å². The minimum absolute atomic E-state index is 0.151. The molecule has 0 bridgehead atoms. The van der Waals surface area contributed by atoms with Crippen molar-refractivity contribution in [1.82, 2.24) is 0 Å². The Kier molecular flexibility index (Phi) is 4.22. The average molecular weight is 231 g/mol. The van der Waals surface area contributed by atoms with Gasteiger partial charge in [0.1, 0.15) is 12.2 Å². The summed E-state index contributed by atoms with van der Waals surface area (Å²) in [6.45, 7) is 0. The van der Waals surface area contributed by atoms with Gasteiger partial charge < -0.3 is 19.7 Å². The van der Waals surface area contributed by atoms with Crippen LogP contribution < -0.4 is 0 Å². The van der Waals surface area contributed by atoms with Crippen molar-refractivity contribution in [2.45, 2.75) is 30.0 Å². The van der Waals surface area contributed by atoms with Crippen molar-refractivity contribution in [2.75, 3.05) is 13.0 Å². The van der Waals surface area contributed by atoms with Crippen LogP contribution in [0.3, 0.4) is 0 Å². The number of rotatable bonds is 2. The van der Waals surface area contributed by atoms with E-state index in [1.807, 2.05) is 0 Å². The van der Waals surface area contributed by atoms with Crippen LogP contribution in [0.4, 0.5) is 0 Å². The fraction of sp³-hybridized carbons (Fsp3) is 1.00. The lowest BCUT2D eigenvalue weighted by Crippen LogP contribution is -2.56. The zero-order chi connectivity index (χ0) is 10.0. The molecular formula is C7H12Cl2O4. The fourth-order valence-electron chi connectivity index (χ4n) is 1.21. The number of hydrogen-bond donors (Lipinski definition) is 2. The summed E-state index contributed by atoms with van der Waals surface area (Å²) in [6, 6.07) is 0. The van der Waals surface area contributed by atoms with Gasteiger partial charge in [-0.05, 0) is 0 Å². The van der Waals surface area contributed by atoms with Gasteiger partial charge in [-0.2, -0.15) is 0 Å². The zero-order valence-electron chi connectivity index (χ0n) is 7.06. The van der Waals surface area contributed by atoms with E-state index >= 15 is 0 Å². The summed E-state index contributed by atoms with van der Waals surface area (Å²) in [5.41, 5.74) is 0. The Labute approximate surface area is 86.3 Å². The van der Waals surface area contributed by atoms with Crippen LogP contribution in [-0.4, -0.2) is 53.2 Å². The molecule has 0 radical (unpaired) electrons. The highest BCUT2D eigenvalue weighted by atomic mass is 35.5. The quantitative estimate of drug-likeness (QED) is 0.653. The lowest BCUT2D eigenvalue weighted by molar-refractivity contribution is -0.251. The van der Waals surface area contributed by atoms with Gasteiger partial charge in [0, 0.05) is 7.11 Å². The van der Waals surface area contributed by atoms with Crippen LogP contribution >= 0.6 is 23.2 Å². The Hall–Kier alpha value is 0.420. The van der Waals surface area contributed by atoms with Crippen molar-refractivity contribution < 1.29 is 19.7 Å². The van der Waals surface area contributed by atoms with E-state index in [2.05, 4.69) is 0 Å². The average Bonchev–Trinajstić information content (AvgIpc) is 2.15. The first-order chi connectivity index (χ1) is 6.11. The maximum Gasteiger partial charge on any atom is 0.186 e. The summed E-state index contributed by atoms with van der Waals surface area (Å²) >= 11 is 11.3. The van der Waals surface area contributed by atoms with E-state index in [4.69, 9.17) is 32.7 Å². The first-order valence-corrected chi connectivity index (χ1v) is 4.83. The minimum Gasteiger partial charge on any atom is -0.389 e. The first-order valence-electron chi connectivity index (χ1n) is 3.86. The Morgan fingerprint density at radius 2 is 2.00 bits per heavy atom. The zero-order valence-corrected chi connectivity index (χ0v) is 8.57. The van der Waals surface area contributed by atoms with Crippen LogP contribution in [0.2, 0.25) is 0 Å². The van der Waals surface area contributed by atoms with Gasteiger partial charge in [-0.15, -0.1) is 23.2 Å². The topological polar surface area (TPSA) is 58.9 Å². The third-order valence-electron chi connectivity index (χ3n) is 2.00. The third kappa shape index (κ3) is 2.26. The summed E-state index contributed by atoms with van der Waals surface area (Å²) in [7, 11) is 1.38. The molecule has 1 fully saturated rings. The molecule has 0 amide bonds. The molecule has 78 valence electrons. The second-order valence-corrected chi connectivity index (χ2v) is 3.67. The molecule has 1 heterocycles. The molecule has 1 rings (SSSR count). The summed E-state index contributed by atoms with van der Waals surface area (Å²) < 4.78 is 9.99. The largest absolute Gasteiger partial charge is 0.389 e. The normalized spacial score (nSPS) is 46.4. The van der Waals surface area contributed by atoms with E-state index in [9.17, 15) is 10.2 Å². The van der Waals surface area contributed by atoms with Gasteiger partial charge in [0.05, 0.1) is 17.4 Å². The first kappa shape index (κ1) is 11.5. The summed E-state index contributed by atoms with van der Waals surface area (Å²) in [4.78, 5) is 0. The highest BCUT2D eigenvalue weighted by Crippen LogP contribution is 2.26. The SMILES string of the molecule is CO[C@H]1O[C@H](CCl)[C@H](Cl)[C@H](O)[C@H]1O. The number of hydrogen-bond acceptors (Lipinski definition) is 4. The van der Waals surface area contributed by atoms with Crippen molar-refractivity contribution in [2.24, 2.45) is 0 Å². The third-order valence-corrected chi connectivity index (χ3v) is 2.85. The summed E-state index contributed by atoms with van der Waals surface area (Å²) in [5, 5.41) is 18.1.